The normalized spacial score (nSPS) is 16.0. The standard InChI is InChI=1S/C19H11ClF3N3O2/c1-28-18(27)14-16-15(24-12-7-6-9(20)8-13(12)25-16)10-4-2-3-5-11(10)26-17(14)19(21,22)23/h2-8,14H,1H3. The van der Waals surface area contributed by atoms with E-state index in [9.17, 15) is 18.0 Å². The minimum atomic E-state index is -4.88. The lowest BCUT2D eigenvalue weighted by Gasteiger charge is -2.19. The van der Waals surface area contributed by atoms with Crippen LogP contribution in [0.3, 0.4) is 0 Å². The Morgan fingerprint density at radius 2 is 1.86 bits per heavy atom. The van der Waals surface area contributed by atoms with E-state index in [2.05, 4.69) is 19.7 Å². The summed E-state index contributed by atoms with van der Waals surface area (Å²) < 4.78 is 46.1. The van der Waals surface area contributed by atoms with Crippen molar-refractivity contribution < 1.29 is 22.7 Å². The predicted octanol–water partition coefficient (Wildman–Crippen LogP) is 4.86. The molecular formula is C19H11ClF3N3O2. The zero-order valence-corrected chi connectivity index (χ0v) is 15.0. The molecule has 0 bridgehead atoms. The van der Waals surface area contributed by atoms with Crippen LogP contribution in [0.25, 0.3) is 22.3 Å². The van der Waals surface area contributed by atoms with Gasteiger partial charge in [0.05, 0.1) is 35.2 Å². The Labute approximate surface area is 161 Å². The van der Waals surface area contributed by atoms with Gasteiger partial charge in [0.1, 0.15) is 11.6 Å². The number of carbonyl (C=O) groups excluding carboxylic acids is 1. The lowest BCUT2D eigenvalue weighted by Crippen LogP contribution is -2.35. The van der Waals surface area contributed by atoms with Crippen LogP contribution in [0.1, 0.15) is 11.6 Å². The number of carbonyl (C=O) groups is 1. The van der Waals surface area contributed by atoms with Gasteiger partial charge in [-0.05, 0) is 24.3 Å². The SMILES string of the molecule is COC(=O)C1C(C(F)(F)F)=Nc2ccccc2-c2nc3ccc(Cl)cc3nc21. The fraction of sp³-hybridized carbons (Fsp3) is 0.158. The van der Waals surface area contributed by atoms with Gasteiger partial charge in [0.15, 0.2) is 0 Å². The molecule has 2 aromatic carbocycles. The first-order valence-corrected chi connectivity index (χ1v) is 8.47. The van der Waals surface area contributed by atoms with Gasteiger partial charge in [0.25, 0.3) is 0 Å². The molecule has 1 atom stereocenters. The maximum Gasteiger partial charge on any atom is 0.430 e. The summed E-state index contributed by atoms with van der Waals surface area (Å²) >= 11 is 5.98. The lowest BCUT2D eigenvalue weighted by molar-refractivity contribution is -0.142. The van der Waals surface area contributed by atoms with Crippen molar-refractivity contribution >= 4 is 40.0 Å². The predicted molar refractivity (Wildman–Crippen MR) is 97.9 cm³/mol. The van der Waals surface area contributed by atoms with Crippen LogP contribution in [0.2, 0.25) is 5.02 Å². The number of benzene rings is 2. The Balaban J connectivity index is 2.13. The van der Waals surface area contributed by atoms with E-state index in [1.54, 1.807) is 30.3 Å². The van der Waals surface area contributed by atoms with Gasteiger partial charge in [-0.3, -0.25) is 4.79 Å². The molecule has 2 heterocycles. The summed E-state index contributed by atoms with van der Waals surface area (Å²) in [7, 11) is 1.01. The summed E-state index contributed by atoms with van der Waals surface area (Å²) in [5.74, 6) is -3.00. The van der Waals surface area contributed by atoms with E-state index >= 15 is 0 Å². The molecule has 4 rings (SSSR count). The van der Waals surface area contributed by atoms with Crippen molar-refractivity contribution in [2.45, 2.75) is 12.1 Å². The van der Waals surface area contributed by atoms with Crippen molar-refractivity contribution in [3.8, 4) is 11.3 Å². The maximum absolute atomic E-state index is 13.8. The molecule has 0 fully saturated rings. The molecule has 1 aliphatic rings. The average Bonchev–Trinajstić information content (AvgIpc) is 2.80. The van der Waals surface area contributed by atoms with Gasteiger partial charge in [-0.2, -0.15) is 13.2 Å². The molecule has 9 heteroatoms. The van der Waals surface area contributed by atoms with E-state index in [4.69, 9.17) is 11.6 Å². The molecule has 1 unspecified atom stereocenters. The number of ether oxygens (including phenoxy) is 1. The molecule has 3 aromatic rings. The largest absolute Gasteiger partial charge is 0.468 e. The van der Waals surface area contributed by atoms with Gasteiger partial charge in [0.2, 0.25) is 0 Å². The van der Waals surface area contributed by atoms with Crippen molar-refractivity contribution in [2.24, 2.45) is 4.99 Å². The van der Waals surface area contributed by atoms with E-state index in [0.717, 1.165) is 7.11 Å². The summed E-state index contributed by atoms with van der Waals surface area (Å²) in [6.07, 6.45) is -4.88. The average molecular weight is 406 g/mol. The molecule has 0 spiro atoms. The van der Waals surface area contributed by atoms with Gasteiger partial charge in [-0.25, -0.2) is 15.0 Å². The quantitative estimate of drug-likeness (QED) is 0.542. The van der Waals surface area contributed by atoms with E-state index in [-0.39, 0.29) is 22.6 Å². The van der Waals surface area contributed by atoms with Crippen molar-refractivity contribution in [3.63, 3.8) is 0 Å². The van der Waals surface area contributed by atoms with E-state index in [0.29, 0.717) is 16.1 Å². The third-order valence-electron chi connectivity index (χ3n) is 4.33. The van der Waals surface area contributed by atoms with Gasteiger partial charge < -0.3 is 4.74 Å². The maximum atomic E-state index is 13.8. The summed E-state index contributed by atoms with van der Waals surface area (Å²) in [5, 5.41) is 0.343. The van der Waals surface area contributed by atoms with Gasteiger partial charge in [-0.15, -0.1) is 0 Å². The topological polar surface area (TPSA) is 64.4 Å². The van der Waals surface area contributed by atoms with Gasteiger partial charge in [-0.1, -0.05) is 29.8 Å². The number of rotatable bonds is 1. The van der Waals surface area contributed by atoms with Crippen molar-refractivity contribution in [1.29, 1.82) is 0 Å². The summed E-state index contributed by atoms with van der Waals surface area (Å²) in [6.45, 7) is 0. The molecular weight excluding hydrogens is 395 g/mol. The smallest absolute Gasteiger partial charge is 0.430 e. The summed E-state index contributed by atoms with van der Waals surface area (Å²) in [4.78, 5) is 25.0. The Kier molecular flexibility index (Phi) is 4.30. The Morgan fingerprint density at radius 1 is 1.11 bits per heavy atom. The van der Waals surface area contributed by atoms with Crippen LogP contribution in [-0.2, 0) is 9.53 Å². The first kappa shape index (κ1) is 18.4. The zero-order valence-electron chi connectivity index (χ0n) is 14.3. The fourth-order valence-corrected chi connectivity index (χ4v) is 3.27. The molecule has 0 radical (unpaired) electrons. The highest BCUT2D eigenvalue weighted by molar-refractivity contribution is 6.31. The zero-order chi connectivity index (χ0) is 20.1. The highest BCUT2D eigenvalue weighted by atomic mass is 35.5. The number of para-hydroxylation sites is 1. The molecule has 28 heavy (non-hydrogen) atoms. The molecule has 142 valence electrons. The highest BCUT2D eigenvalue weighted by Crippen LogP contribution is 2.42. The number of aliphatic imine (C=N–C) groups is 1. The number of nitrogens with zero attached hydrogens (tertiary/aromatic N) is 3. The second-order valence-electron chi connectivity index (χ2n) is 6.06. The number of esters is 1. The third-order valence-corrected chi connectivity index (χ3v) is 4.56. The summed E-state index contributed by atoms with van der Waals surface area (Å²) in [6, 6.07) is 10.9. The van der Waals surface area contributed by atoms with E-state index in [1.807, 2.05) is 0 Å². The number of methoxy groups -OCH3 is 1. The van der Waals surface area contributed by atoms with Crippen LogP contribution in [-0.4, -0.2) is 34.9 Å². The van der Waals surface area contributed by atoms with Crippen LogP contribution < -0.4 is 0 Å². The number of alkyl halides is 3. The highest BCUT2D eigenvalue weighted by Gasteiger charge is 2.48. The second-order valence-corrected chi connectivity index (χ2v) is 6.50. The number of hydrogen-bond acceptors (Lipinski definition) is 5. The number of halogens is 4. The Morgan fingerprint density at radius 3 is 2.57 bits per heavy atom. The van der Waals surface area contributed by atoms with Crippen LogP contribution >= 0.6 is 11.6 Å². The molecule has 5 nitrogen and oxygen atoms in total. The molecule has 1 aromatic heterocycles. The molecule has 0 saturated carbocycles. The van der Waals surface area contributed by atoms with Crippen LogP contribution in [0.4, 0.5) is 18.9 Å². The van der Waals surface area contributed by atoms with Crippen molar-refractivity contribution in [3.05, 3.63) is 53.2 Å². The number of hydrogen-bond donors (Lipinski definition) is 0. The van der Waals surface area contributed by atoms with Gasteiger partial charge >= 0.3 is 12.1 Å². The van der Waals surface area contributed by atoms with Gasteiger partial charge in [0, 0.05) is 10.6 Å². The molecule has 0 saturated heterocycles. The second kappa shape index (κ2) is 6.56. The Bertz CT molecular complexity index is 1140. The Hall–Kier alpha value is -3.00. The van der Waals surface area contributed by atoms with Crippen LogP contribution in [0.15, 0.2) is 47.5 Å². The molecule has 0 N–H and O–H groups in total. The minimum absolute atomic E-state index is 0.0464. The molecule has 0 aliphatic carbocycles. The fourth-order valence-electron chi connectivity index (χ4n) is 3.10. The van der Waals surface area contributed by atoms with E-state index in [1.165, 1.54) is 12.1 Å². The van der Waals surface area contributed by atoms with Crippen LogP contribution in [0, 0.1) is 0 Å². The van der Waals surface area contributed by atoms with Crippen molar-refractivity contribution in [2.75, 3.05) is 7.11 Å². The lowest BCUT2D eigenvalue weighted by atomic mass is 9.95. The summed E-state index contributed by atoms with van der Waals surface area (Å²) in [5.41, 5.74) is -0.258. The number of fused-ring (bicyclic) bond motifs is 4. The third kappa shape index (κ3) is 2.99. The van der Waals surface area contributed by atoms with Crippen molar-refractivity contribution in [1.82, 2.24) is 9.97 Å². The minimum Gasteiger partial charge on any atom is -0.468 e. The monoisotopic (exact) mass is 405 g/mol. The number of aromatic nitrogens is 2. The molecule has 0 amide bonds. The first-order chi connectivity index (χ1) is 13.3. The van der Waals surface area contributed by atoms with E-state index < -0.39 is 23.8 Å². The van der Waals surface area contributed by atoms with Crippen LogP contribution in [0.5, 0.6) is 0 Å². The first-order valence-electron chi connectivity index (χ1n) is 8.10. The molecule has 1 aliphatic heterocycles.